The quantitative estimate of drug-likeness (QED) is 0.790. The number of hydrogen-bond donors (Lipinski definition) is 0. The summed E-state index contributed by atoms with van der Waals surface area (Å²) in [5.74, 6) is 0.116. The van der Waals surface area contributed by atoms with Gasteiger partial charge in [-0.05, 0) is 50.9 Å². The highest BCUT2D eigenvalue weighted by atomic mass is 16.1. The molecule has 0 saturated carbocycles. The van der Waals surface area contributed by atoms with Crippen molar-refractivity contribution in [2.45, 2.75) is 33.2 Å². The fraction of sp³-hybridized carbons (Fsp3) is 0.350. The normalized spacial score (nSPS) is 15.2. The number of nitrogens with zero attached hydrogens (tertiary/aromatic N) is 1. The zero-order valence-corrected chi connectivity index (χ0v) is 13.4. The van der Waals surface area contributed by atoms with Gasteiger partial charge in [-0.2, -0.15) is 0 Å². The minimum Gasteiger partial charge on any atom is -0.299 e. The van der Waals surface area contributed by atoms with Crippen molar-refractivity contribution < 1.29 is 4.79 Å². The number of carbonyl (C=O) groups is 1. The fourth-order valence-corrected chi connectivity index (χ4v) is 3.18. The van der Waals surface area contributed by atoms with Crippen LogP contribution in [0, 0.1) is 13.8 Å². The molecule has 0 aromatic heterocycles. The van der Waals surface area contributed by atoms with Gasteiger partial charge < -0.3 is 0 Å². The van der Waals surface area contributed by atoms with Crippen molar-refractivity contribution in [3.05, 3.63) is 70.3 Å². The highest BCUT2D eigenvalue weighted by molar-refractivity contribution is 6.09. The van der Waals surface area contributed by atoms with Crippen LogP contribution in [0.5, 0.6) is 0 Å². The number of ketones is 1. The maximum absolute atomic E-state index is 12.6. The molecule has 114 valence electrons. The first-order valence-electron chi connectivity index (χ1n) is 8.07. The molecule has 0 radical (unpaired) electrons. The molecule has 2 aromatic carbocycles. The van der Waals surface area contributed by atoms with E-state index in [1.807, 2.05) is 31.2 Å². The van der Waals surface area contributed by atoms with Gasteiger partial charge in [0.25, 0.3) is 0 Å². The molecular weight excluding hydrogens is 270 g/mol. The van der Waals surface area contributed by atoms with Gasteiger partial charge >= 0.3 is 0 Å². The van der Waals surface area contributed by atoms with E-state index in [9.17, 15) is 4.79 Å². The predicted octanol–water partition coefficient (Wildman–Crippen LogP) is 4.13. The fourth-order valence-electron chi connectivity index (χ4n) is 3.18. The van der Waals surface area contributed by atoms with Crippen molar-refractivity contribution >= 4 is 5.78 Å². The lowest BCUT2D eigenvalue weighted by molar-refractivity contribution is 0.103. The first-order valence-corrected chi connectivity index (χ1v) is 8.07. The Hall–Kier alpha value is -1.93. The van der Waals surface area contributed by atoms with E-state index in [4.69, 9.17) is 0 Å². The van der Waals surface area contributed by atoms with Crippen LogP contribution in [0.1, 0.15) is 45.5 Å². The van der Waals surface area contributed by atoms with Gasteiger partial charge in [0, 0.05) is 17.7 Å². The third kappa shape index (κ3) is 3.28. The topological polar surface area (TPSA) is 20.3 Å². The third-order valence-corrected chi connectivity index (χ3v) is 4.45. The van der Waals surface area contributed by atoms with Gasteiger partial charge in [0.15, 0.2) is 5.78 Å². The number of rotatable bonds is 4. The van der Waals surface area contributed by atoms with Gasteiger partial charge in [0.05, 0.1) is 0 Å². The summed E-state index contributed by atoms with van der Waals surface area (Å²) in [7, 11) is 0. The molecule has 0 unspecified atom stereocenters. The third-order valence-electron chi connectivity index (χ3n) is 4.45. The highest BCUT2D eigenvalue weighted by Crippen LogP contribution is 2.18. The van der Waals surface area contributed by atoms with Crippen molar-refractivity contribution in [1.82, 2.24) is 4.90 Å². The van der Waals surface area contributed by atoms with Crippen LogP contribution < -0.4 is 0 Å². The summed E-state index contributed by atoms with van der Waals surface area (Å²) < 4.78 is 0. The number of aryl methyl sites for hydroxylation is 2. The van der Waals surface area contributed by atoms with E-state index < -0.39 is 0 Å². The molecule has 0 spiro atoms. The Labute approximate surface area is 132 Å². The molecule has 1 fully saturated rings. The highest BCUT2D eigenvalue weighted by Gasteiger charge is 2.14. The minimum atomic E-state index is 0.116. The lowest BCUT2D eigenvalue weighted by Crippen LogP contribution is -2.18. The summed E-state index contributed by atoms with van der Waals surface area (Å²) in [5, 5.41) is 0. The van der Waals surface area contributed by atoms with E-state index in [0.29, 0.717) is 0 Å². The summed E-state index contributed by atoms with van der Waals surface area (Å²) in [6.07, 6.45) is 2.62. The van der Waals surface area contributed by atoms with Crippen molar-refractivity contribution in [3.8, 4) is 0 Å². The van der Waals surface area contributed by atoms with Gasteiger partial charge in [-0.15, -0.1) is 0 Å². The van der Waals surface area contributed by atoms with Crippen LogP contribution in [0.25, 0.3) is 0 Å². The largest absolute Gasteiger partial charge is 0.299 e. The molecule has 3 rings (SSSR count). The first-order chi connectivity index (χ1) is 10.6. The van der Waals surface area contributed by atoms with Crippen molar-refractivity contribution in [1.29, 1.82) is 0 Å². The molecule has 0 aliphatic carbocycles. The second-order valence-corrected chi connectivity index (χ2v) is 6.33. The monoisotopic (exact) mass is 293 g/mol. The molecule has 1 aliphatic heterocycles. The number of likely N-dealkylation sites (tertiary alicyclic amines) is 1. The number of carbonyl (C=O) groups excluding carboxylic acids is 1. The Balaban J connectivity index is 1.75. The number of benzene rings is 2. The minimum absolute atomic E-state index is 0.116. The van der Waals surface area contributed by atoms with E-state index in [1.165, 1.54) is 37.1 Å². The molecule has 0 N–H and O–H groups in total. The van der Waals surface area contributed by atoms with Crippen LogP contribution in [-0.4, -0.2) is 23.8 Å². The Morgan fingerprint density at radius 2 is 1.68 bits per heavy atom. The molecule has 1 saturated heterocycles. The average molecular weight is 293 g/mol. The van der Waals surface area contributed by atoms with E-state index in [2.05, 4.69) is 30.0 Å². The second-order valence-electron chi connectivity index (χ2n) is 6.33. The van der Waals surface area contributed by atoms with Crippen LogP contribution in [0.4, 0.5) is 0 Å². The van der Waals surface area contributed by atoms with E-state index >= 15 is 0 Å². The smallest absolute Gasteiger partial charge is 0.193 e. The van der Waals surface area contributed by atoms with E-state index in [0.717, 1.165) is 23.2 Å². The Morgan fingerprint density at radius 1 is 1.00 bits per heavy atom. The summed E-state index contributed by atoms with van der Waals surface area (Å²) in [6.45, 7) is 7.45. The summed E-state index contributed by atoms with van der Waals surface area (Å²) in [4.78, 5) is 15.1. The second kappa shape index (κ2) is 6.45. The van der Waals surface area contributed by atoms with Crippen LogP contribution in [0.3, 0.4) is 0 Å². The molecule has 0 atom stereocenters. The van der Waals surface area contributed by atoms with Crippen molar-refractivity contribution in [3.63, 3.8) is 0 Å². The Morgan fingerprint density at radius 3 is 2.32 bits per heavy atom. The standard InChI is InChI=1S/C20H23NO/c1-15-5-10-19(16(2)13-15)20(22)18-8-6-17(7-9-18)14-21-11-3-4-12-21/h5-10,13H,3-4,11-12,14H2,1-2H3. The predicted molar refractivity (Wildman–Crippen MR) is 90.3 cm³/mol. The summed E-state index contributed by atoms with van der Waals surface area (Å²) in [6, 6.07) is 14.1. The van der Waals surface area contributed by atoms with Crippen molar-refractivity contribution in [2.75, 3.05) is 13.1 Å². The van der Waals surface area contributed by atoms with Crippen LogP contribution in [0.2, 0.25) is 0 Å². The van der Waals surface area contributed by atoms with Gasteiger partial charge in [0.2, 0.25) is 0 Å². The lowest BCUT2D eigenvalue weighted by atomic mass is 9.97. The molecule has 2 aromatic rings. The van der Waals surface area contributed by atoms with E-state index in [-0.39, 0.29) is 5.78 Å². The van der Waals surface area contributed by atoms with E-state index in [1.54, 1.807) is 0 Å². The number of hydrogen-bond acceptors (Lipinski definition) is 2. The first kappa shape index (κ1) is 15.0. The zero-order chi connectivity index (χ0) is 15.5. The molecule has 22 heavy (non-hydrogen) atoms. The summed E-state index contributed by atoms with van der Waals surface area (Å²) >= 11 is 0. The zero-order valence-electron chi connectivity index (χ0n) is 13.4. The maximum Gasteiger partial charge on any atom is 0.193 e. The maximum atomic E-state index is 12.6. The molecule has 1 aliphatic rings. The SMILES string of the molecule is Cc1ccc(C(=O)c2ccc(CN3CCCC3)cc2)c(C)c1. The van der Waals surface area contributed by atoms with Gasteiger partial charge in [0.1, 0.15) is 0 Å². The Kier molecular flexibility index (Phi) is 4.39. The molecule has 2 nitrogen and oxygen atoms in total. The molecular formula is C20H23NO. The van der Waals surface area contributed by atoms with Crippen LogP contribution >= 0.6 is 0 Å². The van der Waals surface area contributed by atoms with Gasteiger partial charge in [-0.1, -0.05) is 48.0 Å². The molecule has 1 heterocycles. The molecule has 2 heteroatoms. The Bertz CT molecular complexity index is 667. The van der Waals surface area contributed by atoms with Crippen LogP contribution in [-0.2, 0) is 6.54 Å². The molecule has 0 amide bonds. The van der Waals surface area contributed by atoms with Gasteiger partial charge in [-0.25, -0.2) is 0 Å². The molecule has 0 bridgehead atoms. The summed E-state index contributed by atoms with van der Waals surface area (Å²) in [5.41, 5.74) is 5.11. The van der Waals surface area contributed by atoms with Crippen LogP contribution in [0.15, 0.2) is 42.5 Å². The van der Waals surface area contributed by atoms with Crippen molar-refractivity contribution in [2.24, 2.45) is 0 Å². The average Bonchev–Trinajstić information content (AvgIpc) is 3.00. The van der Waals surface area contributed by atoms with Gasteiger partial charge in [-0.3, -0.25) is 9.69 Å². The lowest BCUT2D eigenvalue weighted by Gasteiger charge is -2.14.